The van der Waals surface area contributed by atoms with Crippen molar-refractivity contribution in [2.45, 2.75) is 25.4 Å². The number of likely N-dealkylation sites (N-methyl/N-ethyl adjacent to an activating group) is 1. The van der Waals surface area contributed by atoms with Gasteiger partial charge in [0.25, 0.3) is 0 Å². The van der Waals surface area contributed by atoms with Crippen LogP contribution in [0.15, 0.2) is 24.3 Å². The Morgan fingerprint density at radius 3 is 2.87 bits per heavy atom. The van der Waals surface area contributed by atoms with Crippen LogP contribution < -0.4 is 10.6 Å². The molecule has 0 spiro atoms. The molecular formula is C17H22ClN3OS. The maximum atomic E-state index is 12.2. The van der Waals surface area contributed by atoms with Crippen molar-refractivity contribution in [2.24, 2.45) is 0 Å². The lowest BCUT2D eigenvalue weighted by molar-refractivity contribution is -0.122. The Morgan fingerprint density at radius 2 is 2.13 bits per heavy atom. The van der Waals surface area contributed by atoms with Gasteiger partial charge in [-0.15, -0.1) is 11.3 Å². The third kappa shape index (κ3) is 4.04. The standard InChI is InChI=1S/C17H22ClN3OS/c1-21(12-6-8-19-9-7-12)11-16(22)20-10-15-17(18)13-4-2-3-5-14(13)23-15/h2-5,12,19H,6-11H2,1H3,(H,20,22). The first-order valence-electron chi connectivity index (χ1n) is 7.98. The molecule has 4 nitrogen and oxygen atoms in total. The highest BCUT2D eigenvalue weighted by atomic mass is 35.5. The Morgan fingerprint density at radius 1 is 1.39 bits per heavy atom. The predicted octanol–water partition coefficient (Wildman–Crippen LogP) is 2.85. The van der Waals surface area contributed by atoms with Gasteiger partial charge in [-0.05, 0) is 39.0 Å². The lowest BCUT2D eigenvalue weighted by atomic mass is 10.1. The van der Waals surface area contributed by atoms with Gasteiger partial charge in [-0.3, -0.25) is 9.69 Å². The van der Waals surface area contributed by atoms with Crippen LogP contribution in [0, 0.1) is 0 Å². The van der Waals surface area contributed by atoms with Crippen LogP contribution in [0.4, 0.5) is 0 Å². The minimum Gasteiger partial charge on any atom is -0.350 e. The largest absolute Gasteiger partial charge is 0.350 e. The van der Waals surface area contributed by atoms with Gasteiger partial charge in [0, 0.05) is 21.0 Å². The third-order valence-corrected chi connectivity index (χ3v) is 6.09. The van der Waals surface area contributed by atoms with E-state index < -0.39 is 0 Å². The minimum absolute atomic E-state index is 0.0551. The van der Waals surface area contributed by atoms with Crippen molar-refractivity contribution in [3.63, 3.8) is 0 Å². The molecule has 23 heavy (non-hydrogen) atoms. The molecule has 2 N–H and O–H groups in total. The molecule has 1 fully saturated rings. The molecule has 6 heteroatoms. The Kier molecular flexibility index (Phi) is 5.54. The van der Waals surface area contributed by atoms with E-state index >= 15 is 0 Å². The monoisotopic (exact) mass is 351 g/mol. The molecule has 2 aromatic rings. The quantitative estimate of drug-likeness (QED) is 0.870. The van der Waals surface area contributed by atoms with Crippen molar-refractivity contribution in [3.8, 4) is 0 Å². The fraction of sp³-hybridized carbons (Fsp3) is 0.471. The van der Waals surface area contributed by atoms with Crippen molar-refractivity contribution >= 4 is 38.9 Å². The number of piperidine rings is 1. The molecule has 0 saturated carbocycles. The van der Waals surface area contributed by atoms with Crippen LogP contribution in [0.25, 0.3) is 10.1 Å². The maximum Gasteiger partial charge on any atom is 0.234 e. The number of thiophene rings is 1. The summed E-state index contributed by atoms with van der Waals surface area (Å²) >= 11 is 8.05. The summed E-state index contributed by atoms with van der Waals surface area (Å²) in [6.45, 7) is 3.01. The zero-order valence-electron chi connectivity index (χ0n) is 13.3. The van der Waals surface area contributed by atoms with Crippen molar-refractivity contribution < 1.29 is 4.79 Å². The van der Waals surface area contributed by atoms with Gasteiger partial charge in [0.05, 0.1) is 18.1 Å². The first kappa shape index (κ1) is 16.7. The van der Waals surface area contributed by atoms with Gasteiger partial charge in [0.2, 0.25) is 5.91 Å². The Labute approximate surface area is 145 Å². The molecule has 1 aromatic carbocycles. The highest BCUT2D eigenvalue weighted by Crippen LogP contribution is 2.34. The number of hydrogen-bond donors (Lipinski definition) is 2. The van der Waals surface area contributed by atoms with Gasteiger partial charge in [-0.25, -0.2) is 0 Å². The molecule has 1 amide bonds. The third-order valence-electron chi connectivity index (χ3n) is 4.37. The van der Waals surface area contributed by atoms with Crippen molar-refractivity contribution in [2.75, 3.05) is 26.7 Å². The normalized spacial score (nSPS) is 16.1. The molecule has 0 aliphatic carbocycles. The number of rotatable bonds is 5. The molecule has 1 aliphatic rings. The van der Waals surface area contributed by atoms with Crippen molar-refractivity contribution in [1.82, 2.24) is 15.5 Å². The summed E-state index contributed by atoms with van der Waals surface area (Å²) in [6.07, 6.45) is 2.21. The summed E-state index contributed by atoms with van der Waals surface area (Å²) in [5.41, 5.74) is 0. The number of hydrogen-bond acceptors (Lipinski definition) is 4. The van der Waals surface area contributed by atoms with Crippen LogP contribution in [-0.4, -0.2) is 43.5 Å². The number of nitrogens with one attached hydrogen (secondary N) is 2. The Balaban J connectivity index is 1.54. The number of carbonyl (C=O) groups excluding carboxylic acids is 1. The minimum atomic E-state index is 0.0551. The molecule has 2 heterocycles. The second-order valence-electron chi connectivity index (χ2n) is 6.01. The molecule has 0 radical (unpaired) electrons. The van der Waals surface area contributed by atoms with E-state index in [2.05, 4.69) is 21.6 Å². The summed E-state index contributed by atoms with van der Waals surface area (Å²) in [5.74, 6) is 0.0551. The van der Waals surface area contributed by atoms with Crippen molar-refractivity contribution in [1.29, 1.82) is 0 Å². The smallest absolute Gasteiger partial charge is 0.234 e. The summed E-state index contributed by atoms with van der Waals surface area (Å²) in [4.78, 5) is 15.4. The maximum absolute atomic E-state index is 12.2. The van der Waals surface area contributed by atoms with Crippen molar-refractivity contribution in [3.05, 3.63) is 34.2 Å². The average Bonchev–Trinajstić information content (AvgIpc) is 2.90. The van der Waals surface area contributed by atoms with Crippen LogP contribution in [0.2, 0.25) is 5.02 Å². The number of fused-ring (bicyclic) bond motifs is 1. The van der Waals surface area contributed by atoms with Gasteiger partial charge in [-0.1, -0.05) is 29.8 Å². The topological polar surface area (TPSA) is 44.4 Å². The summed E-state index contributed by atoms with van der Waals surface area (Å²) in [6, 6.07) is 8.56. The van der Waals surface area contributed by atoms with E-state index in [9.17, 15) is 4.79 Å². The molecule has 1 aliphatic heterocycles. The molecule has 3 rings (SSSR count). The van der Waals surface area contributed by atoms with Crippen LogP contribution in [0.3, 0.4) is 0 Å². The van der Waals surface area contributed by atoms with Gasteiger partial charge in [0.15, 0.2) is 0 Å². The highest BCUT2D eigenvalue weighted by molar-refractivity contribution is 7.19. The van der Waals surface area contributed by atoms with Crippen LogP contribution >= 0.6 is 22.9 Å². The van der Waals surface area contributed by atoms with Gasteiger partial charge in [-0.2, -0.15) is 0 Å². The van der Waals surface area contributed by atoms with Crippen LogP contribution in [0.5, 0.6) is 0 Å². The number of halogens is 1. The second kappa shape index (κ2) is 7.62. The van der Waals surface area contributed by atoms with E-state index in [4.69, 9.17) is 11.6 Å². The fourth-order valence-corrected chi connectivity index (χ4v) is 4.46. The molecule has 0 atom stereocenters. The molecule has 0 bridgehead atoms. The fourth-order valence-electron chi connectivity index (χ4n) is 3.02. The van der Waals surface area contributed by atoms with Crippen LogP contribution in [-0.2, 0) is 11.3 Å². The number of amides is 1. The molecule has 124 valence electrons. The molecule has 1 saturated heterocycles. The average molecular weight is 352 g/mol. The molecular weight excluding hydrogens is 330 g/mol. The Hall–Kier alpha value is -1.14. The predicted molar refractivity (Wildman–Crippen MR) is 97.2 cm³/mol. The number of nitrogens with zero attached hydrogens (tertiary/aromatic N) is 1. The summed E-state index contributed by atoms with van der Waals surface area (Å²) < 4.78 is 1.16. The first-order valence-corrected chi connectivity index (χ1v) is 9.18. The first-order chi connectivity index (χ1) is 11.1. The van der Waals surface area contributed by atoms with Gasteiger partial charge < -0.3 is 10.6 Å². The van der Waals surface area contributed by atoms with Gasteiger partial charge >= 0.3 is 0 Å². The van der Waals surface area contributed by atoms with E-state index in [1.165, 1.54) is 0 Å². The van der Waals surface area contributed by atoms with E-state index in [1.54, 1.807) is 11.3 Å². The van der Waals surface area contributed by atoms with E-state index in [-0.39, 0.29) is 5.91 Å². The van der Waals surface area contributed by atoms with E-state index in [0.717, 1.165) is 45.9 Å². The zero-order valence-corrected chi connectivity index (χ0v) is 14.8. The number of carbonyl (C=O) groups is 1. The molecule has 1 aromatic heterocycles. The lowest BCUT2D eigenvalue weighted by Crippen LogP contribution is -2.45. The SMILES string of the molecule is CN(CC(=O)NCc1sc2ccccc2c1Cl)C1CCNCC1. The molecule has 0 unspecified atom stereocenters. The highest BCUT2D eigenvalue weighted by Gasteiger charge is 2.19. The lowest BCUT2D eigenvalue weighted by Gasteiger charge is -2.31. The van der Waals surface area contributed by atoms with E-state index in [1.807, 2.05) is 25.2 Å². The Bertz CT molecular complexity index is 682. The van der Waals surface area contributed by atoms with Gasteiger partial charge in [0.1, 0.15) is 0 Å². The summed E-state index contributed by atoms with van der Waals surface area (Å²) in [5, 5.41) is 8.18. The van der Waals surface area contributed by atoms with E-state index in [0.29, 0.717) is 19.1 Å². The number of benzene rings is 1. The van der Waals surface area contributed by atoms with Crippen LogP contribution in [0.1, 0.15) is 17.7 Å². The zero-order chi connectivity index (χ0) is 16.2. The summed E-state index contributed by atoms with van der Waals surface area (Å²) in [7, 11) is 2.03. The second-order valence-corrected chi connectivity index (χ2v) is 7.52.